The molecule has 20 heavy (non-hydrogen) atoms. The second-order valence-electron chi connectivity index (χ2n) is 6.00. The van der Waals surface area contributed by atoms with Gasteiger partial charge in [0.05, 0.1) is 5.69 Å². The van der Waals surface area contributed by atoms with Crippen molar-refractivity contribution in [2.45, 2.75) is 45.6 Å². The highest BCUT2D eigenvalue weighted by atomic mass is 32.1. The van der Waals surface area contributed by atoms with Crippen LogP contribution in [0.2, 0.25) is 0 Å². The van der Waals surface area contributed by atoms with E-state index in [2.05, 4.69) is 19.2 Å². The molecule has 3 N–H and O–H groups in total. The van der Waals surface area contributed by atoms with E-state index in [0.717, 1.165) is 6.42 Å². The standard InChI is InChI=1S/C16H23FN2S/c1-10(2)12-5-3-4-6-14(12)19-15-8-7-11(16(18)20)9-13(15)17/h7-10,12,14,19H,3-6H2,1-2H3,(H2,18,20). The van der Waals surface area contributed by atoms with E-state index in [9.17, 15) is 4.39 Å². The molecule has 0 spiro atoms. The minimum atomic E-state index is -0.275. The van der Waals surface area contributed by atoms with Crippen LogP contribution >= 0.6 is 12.2 Å². The van der Waals surface area contributed by atoms with E-state index in [1.54, 1.807) is 12.1 Å². The van der Waals surface area contributed by atoms with Gasteiger partial charge in [-0.15, -0.1) is 0 Å². The molecule has 0 amide bonds. The monoisotopic (exact) mass is 294 g/mol. The molecule has 2 rings (SSSR count). The third-order valence-corrected chi connectivity index (χ3v) is 4.51. The molecule has 0 heterocycles. The van der Waals surface area contributed by atoms with Crippen molar-refractivity contribution < 1.29 is 4.39 Å². The molecule has 0 saturated heterocycles. The van der Waals surface area contributed by atoms with Gasteiger partial charge in [0.25, 0.3) is 0 Å². The van der Waals surface area contributed by atoms with E-state index in [1.807, 2.05) is 0 Å². The topological polar surface area (TPSA) is 38.0 Å². The Morgan fingerprint density at radius 2 is 2.05 bits per heavy atom. The van der Waals surface area contributed by atoms with Crippen molar-refractivity contribution in [3.05, 3.63) is 29.6 Å². The SMILES string of the molecule is CC(C)C1CCCCC1Nc1ccc(C(N)=S)cc1F. The minimum Gasteiger partial charge on any atom is -0.389 e. The van der Waals surface area contributed by atoms with Crippen LogP contribution in [-0.2, 0) is 0 Å². The molecule has 4 heteroatoms. The first-order valence-corrected chi connectivity index (χ1v) is 7.75. The van der Waals surface area contributed by atoms with Gasteiger partial charge in [-0.3, -0.25) is 0 Å². The first kappa shape index (κ1) is 15.2. The second kappa shape index (κ2) is 6.53. The predicted molar refractivity (Wildman–Crippen MR) is 86.5 cm³/mol. The highest BCUT2D eigenvalue weighted by molar-refractivity contribution is 7.80. The van der Waals surface area contributed by atoms with Crippen LogP contribution in [-0.4, -0.2) is 11.0 Å². The van der Waals surface area contributed by atoms with Crippen LogP contribution in [0.4, 0.5) is 10.1 Å². The lowest BCUT2D eigenvalue weighted by atomic mass is 9.78. The molecule has 2 unspecified atom stereocenters. The quantitative estimate of drug-likeness (QED) is 0.822. The number of nitrogens with one attached hydrogen (secondary N) is 1. The number of anilines is 1. The van der Waals surface area contributed by atoms with Gasteiger partial charge in [0.1, 0.15) is 10.8 Å². The molecular formula is C16H23FN2S. The molecule has 1 aromatic rings. The smallest absolute Gasteiger partial charge is 0.146 e. The van der Waals surface area contributed by atoms with E-state index in [-0.39, 0.29) is 10.8 Å². The van der Waals surface area contributed by atoms with Crippen molar-refractivity contribution in [3.63, 3.8) is 0 Å². The molecule has 0 radical (unpaired) electrons. The Kier molecular flexibility index (Phi) is 4.97. The normalized spacial score (nSPS) is 22.8. The van der Waals surface area contributed by atoms with Crippen LogP contribution in [0.1, 0.15) is 45.1 Å². The predicted octanol–water partition coefficient (Wildman–Crippen LogP) is 4.09. The van der Waals surface area contributed by atoms with E-state index in [1.165, 1.54) is 25.3 Å². The molecular weight excluding hydrogens is 271 g/mol. The molecule has 0 aliphatic heterocycles. The van der Waals surface area contributed by atoms with Crippen LogP contribution in [0.5, 0.6) is 0 Å². The zero-order valence-corrected chi connectivity index (χ0v) is 13.0. The van der Waals surface area contributed by atoms with Crippen molar-refractivity contribution in [1.29, 1.82) is 0 Å². The molecule has 110 valence electrons. The Hall–Kier alpha value is -1.16. The molecule has 1 aromatic carbocycles. The average molecular weight is 294 g/mol. The van der Waals surface area contributed by atoms with Gasteiger partial charge in [-0.2, -0.15) is 0 Å². The van der Waals surface area contributed by atoms with Crippen LogP contribution < -0.4 is 11.1 Å². The molecule has 1 saturated carbocycles. The van der Waals surface area contributed by atoms with Crippen molar-refractivity contribution in [2.75, 3.05) is 5.32 Å². The van der Waals surface area contributed by atoms with Gasteiger partial charge in [-0.1, -0.05) is 38.9 Å². The Bertz CT molecular complexity index is 487. The van der Waals surface area contributed by atoms with Crippen LogP contribution in [0, 0.1) is 17.7 Å². The summed E-state index contributed by atoms with van der Waals surface area (Å²) in [7, 11) is 0. The zero-order chi connectivity index (χ0) is 14.7. The highest BCUT2D eigenvalue weighted by Gasteiger charge is 2.27. The number of hydrogen-bond acceptors (Lipinski definition) is 2. The lowest BCUT2D eigenvalue weighted by molar-refractivity contribution is 0.253. The third-order valence-electron chi connectivity index (χ3n) is 4.27. The number of nitrogens with two attached hydrogens (primary N) is 1. The summed E-state index contributed by atoms with van der Waals surface area (Å²) in [6.07, 6.45) is 4.83. The second-order valence-corrected chi connectivity index (χ2v) is 6.44. The Labute approximate surface area is 125 Å². The molecule has 1 aliphatic rings. The summed E-state index contributed by atoms with van der Waals surface area (Å²) < 4.78 is 14.1. The summed E-state index contributed by atoms with van der Waals surface area (Å²) in [5.41, 5.74) is 6.66. The maximum atomic E-state index is 14.1. The van der Waals surface area contributed by atoms with Crippen LogP contribution in [0.3, 0.4) is 0 Å². The summed E-state index contributed by atoms with van der Waals surface area (Å²) in [5.74, 6) is 0.952. The summed E-state index contributed by atoms with van der Waals surface area (Å²) >= 11 is 4.87. The van der Waals surface area contributed by atoms with E-state index < -0.39 is 0 Å². The largest absolute Gasteiger partial charge is 0.389 e. The van der Waals surface area contributed by atoms with Gasteiger partial charge in [-0.25, -0.2) is 4.39 Å². The minimum absolute atomic E-state index is 0.230. The van der Waals surface area contributed by atoms with Gasteiger partial charge >= 0.3 is 0 Å². The van der Waals surface area contributed by atoms with Crippen molar-refractivity contribution in [1.82, 2.24) is 0 Å². The number of hydrogen-bond donors (Lipinski definition) is 2. The van der Waals surface area contributed by atoms with E-state index >= 15 is 0 Å². The molecule has 0 bridgehead atoms. The van der Waals surface area contributed by atoms with Gasteiger partial charge in [-0.05, 0) is 42.9 Å². The molecule has 2 nitrogen and oxygen atoms in total. The van der Waals surface area contributed by atoms with Crippen molar-refractivity contribution >= 4 is 22.9 Å². The first-order valence-electron chi connectivity index (χ1n) is 7.35. The fourth-order valence-corrected chi connectivity index (χ4v) is 3.25. The van der Waals surface area contributed by atoms with E-state index in [0.29, 0.717) is 29.1 Å². The van der Waals surface area contributed by atoms with Gasteiger partial charge in [0.15, 0.2) is 0 Å². The maximum absolute atomic E-state index is 14.1. The molecule has 0 aromatic heterocycles. The lowest BCUT2D eigenvalue weighted by Crippen LogP contribution is -2.35. The van der Waals surface area contributed by atoms with Gasteiger partial charge < -0.3 is 11.1 Å². The van der Waals surface area contributed by atoms with Crippen molar-refractivity contribution in [3.8, 4) is 0 Å². The average Bonchev–Trinajstić information content (AvgIpc) is 2.41. The van der Waals surface area contributed by atoms with Crippen molar-refractivity contribution in [2.24, 2.45) is 17.6 Å². The molecule has 1 fully saturated rings. The summed E-state index contributed by atoms with van der Waals surface area (Å²) in [6.45, 7) is 4.49. The molecule has 2 atom stereocenters. The lowest BCUT2D eigenvalue weighted by Gasteiger charge is -2.35. The number of rotatable bonds is 4. The fourth-order valence-electron chi connectivity index (χ4n) is 3.12. The number of thiocarbonyl (C=S) groups is 1. The maximum Gasteiger partial charge on any atom is 0.146 e. The van der Waals surface area contributed by atoms with Gasteiger partial charge in [0.2, 0.25) is 0 Å². The van der Waals surface area contributed by atoms with Crippen LogP contribution in [0.15, 0.2) is 18.2 Å². The number of benzene rings is 1. The molecule has 1 aliphatic carbocycles. The Morgan fingerprint density at radius 1 is 1.35 bits per heavy atom. The van der Waals surface area contributed by atoms with Gasteiger partial charge in [0, 0.05) is 11.6 Å². The first-order chi connectivity index (χ1) is 9.49. The Balaban J connectivity index is 2.14. The summed E-state index contributed by atoms with van der Waals surface area (Å²) in [6, 6.07) is 5.29. The fraction of sp³-hybridized carbons (Fsp3) is 0.562. The van der Waals surface area contributed by atoms with E-state index in [4.69, 9.17) is 18.0 Å². The zero-order valence-electron chi connectivity index (χ0n) is 12.2. The number of halogens is 1. The highest BCUT2D eigenvalue weighted by Crippen LogP contribution is 2.32. The Morgan fingerprint density at radius 3 is 2.65 bits per heavy atom. The summed E-state index contributed by atoms with van der Waals surface area (Å²) in [5, 5.41) is 3.39. The third kappa shape index (κ3) is 3.48. The van der Waals surface area contributed by atoms with Crippen LogP contribution in [0.25, 0.3) is 0 Å². The summed E-state index contributed by atoms with van der Waals surface area (Å²) in [4.78, 5) is 0.230.